The molecule has 0 saturated carbocycles. The molecule has 2 atom stereocenters. The molecule has 0 bridgehead atoms. The monoisotopic (exact) mass is 306 g/mol. The number of nitrogens with two attached hydrogens (primary N) is 1. The van der Waals surface area contributed by atoms with E-state index in [1.807, 2.05) is 17.8 Å². The second-order valence-corrected chi connectivity index (χ2v) is 5.88. The molecular formula is C16H23ClN4. The number of halogens is 1. The number of aromatic nitrogens is 2. The van der Waals surface area contributed by atoms with Gasteiger partial charge in [-0.2, -0.15) is 5.10 Å². The van der Waals surface area contributed by atoms with Crippen LogP contribution in [-0.2, 0) is 13.6 Å². The summed E-state index contributed by atoms with van der Waals surface area (Å²) < 4.78 is 1.90. The molecule has 2 heterocycles. The van der Waals surface area contributed by atoms with Crippen molar-refractivity contribution in [3.8, 4) is 11.3 Å². The Morgan fingerprint density at radius 1 is 1.24 bits per heavy atom. The van der Waals surface area contributed by atoms with E-state index in [9.17, 15) is 0 Å². The highest BCUT2D eigenvalue weighted by Gasteiger charge is 2.27. The molecule has 0 aliphatic carbocycles. The average Bonchev–Trinajstić information content (AvgIpc) is 2.94. The Morgan fingerprint density at radius 2 is 1.95 bits per heavy atom. The van der Waals surface area contributed by atoms with Crippen molar-refractivity contribution in [1.29, 1.82) is 0 Å². The van der Waals surface area contributed by atoms with Gasteiger partial charge in [0.05, 0.1) is 5.69 Å². The van der Waals surface area contributed by atoms with E-state index in [2.05, 4.69) is 47.4 Å². The van der Waals surface area contributed by atoms with Gasteiger partial charge in [-0.15, -0.1) is 12.4 Å². The highest BCUT2D eigenvalue weighted by molar-refractivity contribution is 5.85. The van der Waals surface area contributed by atoms with Crippen LogP contribution in [0.15, 0.2) is 36.5 Å². The Labute approximate surface area is 132 Å². The lowest BCUT2D eigenvalue weighted by molar-refractivity contribution is 0.319. The zero-order valence-corrected chi connectivity index (χ0v) is 13.4. The summed E-state index contributed by atoms with van der Waals surface area (Å²) >= 11 is 0. The summed E-state index contributed by atoms with van der Waals surface area (Å²) in [5.41, 5.74) is 9.66. The molecule has 114 valence electrons. The van der Waals surface area contributed by atoms with Gasteiger partial charge in [0.2, 0.25) is 0 Å². The van der Waals surface area contributed by atoms with Gasteiger partial charge in [-0.25, -0.2) is 0 Å². The van der Waals surface area contributed by atoms with Crippen LogP contribution >= 0.6 is 12.4 Å². The Balaban J connectivity index is 0.00000161. The molecular weight excluding hydrogens is 284 g/mol. The highest BCUT2D eigenvalue weighted by Crippen LogP contribution is 2.25. The fourth-order valence-corrected chi connectivity index (χ4v) is 2.96. The van der Waals surface area contributed by atoms with Crippen LogP contribution in [0, 0.1) is 5.92 Å². The largest absolute Gasteiger partial charge is 0.326 e. The van der Waals surface area contributed by atoms with Crippen molar-refractivity contribution in [3.05, 3.63) is 42.1 Å². The van der Waals surface area contributed by atoms with Gasteiger partial charge >= 0.3 is 0 Å². The van der Waals surface area contributed by atoms with Crippen LogP contribution < -0.4 is 5.73 Å². The van der Waals surface area contributed by atoms with Gasteiger partial charge in [0.1, 0.15) is 0 Å². The zero-order chi connectivity index (χ0) is 14.1. The normalized spacial score (nSPS) is 22.2. The van der Waals surface area contributed by atoms with E-state index in [0.29, 0.717) is 12.0 Å². The molecule has 21 heavy (non-hydrogen) atoms. The summed E-state index contributed by atoms with van der Waals surface area (Å²) in [5.74, 6) is 0.576. The van der Waals surface area contributed by atoms with Crippen LogP contribution in [0.3, 0.4) is 0 Å². The maximum atomic E-state index is 6.11. The molecule has 1 aromatic carbocycles. The molecule has 1 aliphatic rings. The van der Waals surface area contributed by atoms with E-state index in [4.69, 9.17) is 5.73 Å². The SMILES string of the molecule is CC1CN(Cc2cn(C)nc2-c2ccccc2)CC1N.Cl. The minimum Gasteiger partial charge on any atom is -0.326 e. The summed E-state index contributed by atoms with van der Waals surface area (Å²) in [6.07, 6.45) is 2.12. The zero-order valence-electron chi connectivity index (χ0n) is 12.6. The van der Waals surface area contributed by atoms with Crippen molar-refractivity contribution in [2.45, 2.75) is 19.5 Å². The van der Waals surface area contributed by atoms with Crippen LogP contribution in [-0.4, -0.2) is 33.8 Å². The maximum absolute atomic E-state index is 6.11. The first kappa shape index (κ1) is 16.0. The quantitative estimate of drug-likeness (QED) is 0.946. The molecule has 4 nitrogen and oxygen atoms in total. The second kappa shape index (κ2) is 6.60. The lowest BCUT2D eigenvalue weighted by atomic mass is 10.1. The van der Waals surface area contributed by atoms with E-state index < -0.39 is 0 Å². The standard InChI is InChI=1S/C16H22N4.ClH/c1-12-8-20(11-15(12)17)10-14-9-19(2)18-16(14)13-6-4-3-5-7-13;/h3-7,9,12,15H,8,10-11,17H2,1-2H3;1H. The number of nitrogens with zero attached hydrogens (tertiary/aromatic N) is 3. The molecule has 3 rings (SSSR count). The van der Waals surface area contributed by atoms with Crippen molar-refractivity contribution in [2.24, 2.45) is 18.7 Å². The molecule has 0 radical (unpaired) electrons. The number of aryl methyl sites for hydroxylation is 1. The first-order valence-corrected chi connectivity index (χ1v) is 7.19. The van der Waals surface area contributed by atoms with E-state index in [1.165, 1.54) is 11.1 Å². The summed E-state index contributed by atoms with van der Waals surface area (Å²) in [6.45, 7) is 5.21. The summed E-state index contributed by atoms with van der Waals surface area (Å²) in [4.78, 5) is 2.43. The number of benzene rings is 1. The Kier molecular flexibility index (Phi) is 5.04. The maximum Gasteiger partial charge on any atom is 0.0968 e. The summed E-state index contributed by atoms with van der Waals surface area (Å²) in [5, 5.41) is 4.62. The number of hydrogen-bond acceptors (Lipinski definition) is 3. The topological polar surface area (TPSA) is 47.1 Å². The third-order valence-electron chi connectivity index (χ3n) is 4.09. The van der Waals surface area contributed by atoms with Crippen molar-refractivity contribution < 1.29 is 0 Å². The molecule has 0 amide bonds. The van der Waals surface area contributed by atoms with Gasteiger partial charge in [-0.1, -0.05) is 37.3 Å². The molecule has 2 aromatic rings. The number of likely N-dealkylation sites (tertiary alicyclic amines) is 1. The van der Waals surface area contributed by atoms with Gasteiger partial charge in [0.15, 0.2) is 0 Å². The van der Waals surface area contributed by atoms with E-state index in [0.717, 1.165) is 25.3 Å². The summed E-state index contributed by atoms with van der Waals surface area (Å²) in [6, 6.07) is 10.7. The van der Waals surface area contributed by atoms with Gasteiger partial charge in [0.25, 0.3) is 0 Å². The van der Waals surface area contributed by atoms with E-state index in [1.54, 1.807) is 0 Å². The van der Waals surface area contributed by atoms with Crippen molar-refractivity contribution in [1.82, 2.24) is 14.7 Å². The van der Waals surface area contributed by atoms with Crippen LogP contribution in [0.2, 0.25) is 0 Å². The molecule has 1 fully saturated rings. The fourth-order valence-electron chi connectivity index (χ4n) is 2.96. The minimum atomic E-state index is 0. The third kappa shape index (κ3) is 3.46. The average molecular weight is 307 g/mol. The van der Waals surface area contributed by atoms with Crippen molar-refractivity contribution >= 4 is 12.4 Å². The van der Waals surface area contributed by atoms with Crippen molar-refractivity contribution in [2.75, 3.05) is 13.1 Å². The molecule has 2 unspecified atom stereocenters. The predicted molar refractivity (Wildman–Crippen MR) is 88.3 cm³/mol. The molecule has 2 N–H and O–H groups in total. The second-order valence-electron chi connectivity index (χ2n) is 5.88. The van der Waals surface area contributed by atoms with Gasteiger partial charge < -0.3 is 5.73 Å². The molecule has 0 spiro atoms. The lowest BCUT2D eigenvalue weighted by Gasteiger charge is -2.15. The predicted octanol–water partition coefficient (Wildman–Crippen LogP) is 2.29. The van der Waals surface area contributed by atoms with Gasteiger partial charge in [0, 0.05) is 50.0 Å². The molecule has 1 aromatic heterocycles. The minimum absolute atomic E-state index is 0. The van der Waals surface area contributed by atoms with Crippen LogP contribution in [0.5, 0.6) is 0 Å². The lowest BCUT2D eigenvalue weighted by Crippen LogP contribution is -2.28. The van der Waals surface area contributed by atoms with E-state index >= 15 is 0 Å². The van der Waals surface area contributed by atoms with Gasteiger partial charge in [-0.05, 0) is 5.92 Å². The first-order valence-electron chi connectivity index (χ1n) is 7.19. The number of hydrogen-bond donors (Lipinski definition) is 1. The first-order chi connectivity index (χ1) is 9.63. The smallest absolute Gasteiger partial charge is 0.0968 e. The Morgan fingerprint density at radius 3 is 2.57 bits per heavy atom. The van der Waals surface area contributed by atoms with Crippen LogP contribution in [0.4, 0.5) is 0 Å². The molecule has 5 heteroatoms. The van der Waals surface area contributed by atoms with Crippen LogP contribution in [0.25, 0.3) is 11.3 Å². The van der Waals surface area contributed by atoms with Crippen molar-refractivity contribution in [3.63, 3.8) is 0 Å². The summed E-state index contributed by atoms with van der Waals surface area (Å²) in [7, 11) is 1.98. The van der Waals surface area contributed by atoms with E-state index in [-0.39, 0.29) is 12.4 Å². The third-order valence-corrected chi connectivity index (χ3v) is 4.09. The number of rotatable bonds is 3. The van der Waals surface area contributed by atoms with Gasteiger partial charge in [-0.3, -0.25) is 9.58 Å². The Bertz CT molecular complexity index is 571. The van der Waals surface area contributed by atoms with Crippen LogP contribution in [0.1, 0.15) is 12.5 Å². The fraction of sp³-hybridized carbons (Fsp3) is 0.438. The molecule has 1 aliphatic heterocycles. The Hall–Kier alpha value is -1.36. The molecule has 1 saturated heterocycles. The highest BCUT2D eigenvalue weighted by atomic mass is 35.5.